The lowest BCUT2D eigenvalue weighted by Gasteiger charge is -2.16. The smallest absolute Gasteiger partial charge is 0.128 e. The first-order chi connectivity index (χ1) is 7.15. The third-order valence-electron chi connectivity index (χ3n) is 2.46. The summed E-state index contributed by atoms with van der Waals surface area (Å²) < 4.78 is 13.2. The van der Waals surface area contributed by atoms with Gasteiger partial charge in [0.05, 0.1) is 0 Å². The molecule has 2 N–H and O–H groups in total. The van der Waals surface area contributed by atoms with Crippen LogP contribution < -0.4 is 5.32 Å². The molecule has 0 amide bonds. The minimum absolute atomic E-state index is 0.186. The van der Waals surface area contributed by atoms with Gasteiger partial charge in [-0.2, -0.15) is 0 Å². The highest BCUT2D eigenvalue weighted by Crippen LogP contribution is 2.19. The summed E-state index contributed by atoms with van der Waals surface area (Å²) in [6.45, 7) is 3.99. The summed E-state index contributed by atoms with van der Waals surface area (Å²) in [4.78, 5) is 0. The second kappa shape index (κ2) is 5.71. The monoisotopic (exact) mass is 211 g/mol. The first-order valence-electron chi connectivity index (χ1n) is 5.27. The number of halogens is 1. The van der Waals surface area contributed by atoms with Gasteiger partial charge < -0.3 is 10.4 Å². The molecule has 3 heteroatoms. The summed E-state index contributed by atoms with van der Waals surface area (Å²) in [6, 6.07) is 5.27. The Balaban J connectivity index is 2.60. The Labute approximate surface area is 90.1 Å². The topological polar surface area (TPSA) is 32.3 Å². The average molecular weight is 211 g/mol. The Morgan fingerprint density at radius 1 is 1.47 bits per heavy atom. The minimum Gasteiger partial charge on any atom is -0.396 e. The lowest BCUT2D eigenvalue weighted by molar-refractivity contribution is 0.282. The summed E-state index contributed by atoms with van der Waals surface area (Å²) in [5.74, 6) is -0.186. The van der Waals surface area contributed by atoms with Crippen molar-refractivity contribution in [2.24, 2.45) is 0 Å². The van der Waals surface area contributed by atoms with Crippen molar-refractivity contribution in [3.05, 3.63) is 29.6 Å². The zero-order valence-electron chi connectivity index (χ0n) is 9.26. The van der Waals surface area contributed by atoms with Gasteiger partial charge in [0.25, 0.3) is 0 Å². The maximum absolute atomic E-state index is 13.2. The van der Waals surface area contributed by atoms with E-state index in [4.69, 9.17) is 5.11 Å². The first-order valence-corrected chi connectivity index (χ1v) is 5.27. The standard InChI is InChI=1S/C12H18FNO/c1-9(5-4-8-15)14-12-7-3-6-11(13)10(12)2/h3,6-7,9,14-15H,4-5,8H2,1-2H3. The van der Waals surface area contributed by atoms with Crippen molar-refractivity contribution >= 4 is 5.69 Å². The van der Waals surface area contributed by atoms with Crippen LogP contribution >= 0.6 is 0 Å². The van der Waals surface area contributed by atoms with Gasteiger partial charge in [0.2, 0.25) is 0 Å². The molecule has 0 bridgehead atoms. The van der Waals surface area contributed by atoms with Crippen LogP contribution in [0.2, 0.25) is 0 Å². The Morgan fingerprint density at radius 3 is 2.87 bits per heavy atom. The summed E-state index contributed by atoms with van der Waals surface area (Å²) in [5.41, 5.74) is 1.48. The zero-order chi connectivity index (χ0) is 11.3. The van der Waals surface area contributed by atoms with E-state index < -0.39 is 0 Å². The first kappa shape index (κ1) is 12.0. The predicted molar refractivity (Wildman–Crippen MR) is 60.5 cm³/mol. The average Bonchev–Trinajstić information content (AvgIpc) is 2.22. The minimum atomic E-state index is -0.186. The van der Waals surface area contributed by atoms with Crippen molar-refractivity contribution in [2.75, 3.05) is 11.9 Å². The fraction of sp³-hybridized carbons (Fsp3) is 0.500. The van der Waals surface area contributed by atoms with Crippen molar-refractivity contribution in [1.29, 1.82) is 0 Å². The Kier molecular flexibility index (Phi) is 4.56. The van der Waals surface area contributed by atoms with Crippen molar-refractivity contribution in [3.63, 3.8) is 0 Å². The van der Waals surface area contributed by atoms with Crippen LogP contribution in [0.25, 0.3) is 0 Å². The van der Waals surface area contributed by atoms with Gasteiger partial charge in [-0.05, 0) is 38.8 Å². The number of benzene rings is 1. The number of anilines is 1. The molecule has 0 spiro atoms. The van der Waals surface area contributed by atoms with E-state index in [2.05, 4.69) is 5.32 Å². The fourth-order valence-electron chi connectivity index (χ4n) is 1.50. The SMILES string of the molecule is Cc1c(F)cccc1NC(C)CCCO. The van der Waals surface area contributed by atoms with E-state index in [-0.39, 0.29) is 18.5 Å². The Hall–Kier alpha value is -1.09. The van der Waals surface area contributed by atoms with E-state index in [9.17, 15) is 4.39 Å². The van der Waals surface area contributed by atoms with Crippen molar-refractivity contribution in [1.82, 2.24) is 0 Å². The van der Waals surface area contributed by atoms with Crippen LogP contribution in [0, 0.1) is 12.7 Å². The molecule has 0 saturated carbocycles. The molecule has 15 heavy (non-hydrogen) atoms. The molecule has 1 rings (SSSR count). The van der Waals surface area contributed by atoms with Gasteiger partial charge in [0, 0.05) is 23.9 Å². The third kappa shape index (κ3) is 3.51. The Bertz CT molecular complexity index is 314. The molecule has 0 fully saturated rings. The zero-order valence-corrected chi connectivity index (χ0v) is 9.26. The van der Waals surface area contributed by atoms with E-state index in [0.29, 0.717) is 5.56 Å². The Morgan fingerprint density at radius 2 is 2.20 bits per heavy atom. The number of aliphatic hydroxyl groups excluding tert-OH is 1. The maximum Gasteiger partial charge on any atom is 0.128 e. The van der Waals surface area contributed by atoms with Crippen molar-refractivity contribution in [2.45, 2.75) is 32.7 Å². The molecular formula is C12H18FNO. The summed E-state index contributed by atoms with van der Waals surface area (Å²) >= 11 is 0. The molecule has 0 aromatic heterocycles. The number of aliphatic hydroxyl groups is 1. The lowest BCUT2D eigenvalue weighted by atomic mass is 10.1. The molecule has 0 aliphatic rings. The molecule has 0 saturated heterocycles. The summed E-state index contributed by atoms with van der Waals surface area (Å²) in [5, 5.41) is 11.9. The van der Waals surface area contributed by atoms with E-state index in [1.807, 2.05) is 13.0 Å². The number of rotatable bonds is 5. The van der Waals surface area contributed by atoms with Gasteiger partial charge in [0.1, 0.15) is 5.82 Å². The van der Waals surface area contributed by atoms with Crippen LogP contribution in [0.3, 0.4) is 0 Å². The van der Waals surface area contributed by atoms with Crippen LogP contribution in [-0.2, 0) is 0 Å². The van der Waals surface area contributed by atoms with E-state index in [1.165, 1.54) is 6.07 Å². The molecule has 1 aromatic carbocycles. The molecule has 1 aromatic rings. The van der Waals surface area contributed by atoms with Gasteiger partial charge in [0.15, 0.2) is 0 Å². The highest BCUT2D eigenvalue weighted by Gasteiger charge is 2.06. The second-order valence-electron chi connectivity index (χ2n) is 3.82. The normalized spacial score (nSPS) is 12.5. The number of hydrogen-bond donors (Lipinski definition) is 2. The fourth-order valence-corrected chi connectivity index (χ4v) is 1.50. The van der Waals surface area contributed by atoms with Crippen molar-refractivity contribution in [3.8, 4) is 0 Å². The van der Waals surface area contributed by atoms with Gasteiger partial charge in [-0.25, -0.2) is 4.39 Å². The molecule has 0 aliphatic heterocycles. The quantitative estimate of drug-likeness (QED) is 0.784. The van der Waals surface area contributed by atoms with Crippen LogP contribution in [-0.4, -0.2) is 17.8 Å². The van der Waals surface area contributed by atoms with Gasteiger partial charge in [-0.15, -0.1) is 0 Å². The van der Waals surface area contributed by atoms with E-state index >= 15 is 0 Å². The molecule has 2 nitrogen and oxygen atoms in total. The third-order valence-corrected chi connectivity index (χ3v) is 2.46. The second-order valence-corrected chi connectivity index (χ2v) is 3.82. The molecule has 84 valence electrons. The highest BCUT2D eigenvalue weighted by atomic mass is 19.1. The predicted octanol–water partition coefficient (Wildman–Crippen LogP) is 2.71. The van der Waals surface area contributed by atoms with Gasteiger partial charge >= 0.3 is 0 Å². The van der Waals surface area contributed by atoms with Gasteiger partial charge in [-0.1, -0.05) is 6.07 Å². The molecule has 1 atom stereocenters. The highest BCUT2D eigenvalue weighted by molar-refractivity contribution is 5.51. The van der Waals surface area contributed by atoms with Crippen LogP contribution in [0.4, 0.5) is 10.1 Å². The number of hydrogen-bond acceptors (Lipinski definition) is 2. The maximum atomic E-state index is 13.2. The molecule has 0 aliphatic carbocycles. The van der Waals surface area contributed by atoms with E-state index in [1.54, 1.807) is 13.0 Å². The number of nitrogens with one attached hydrogen (secondary N) is 1. The van der Waals surface area contributed by atoms with Gasteiger partial charge in [-0.3, -0.25) is 0 Å². The summed E-state index contributed by atoms with van der Waals surface area (Å²) in [6.07, 6.45) is 1.65. The summed E-state index contributed by atoms with van der Waals surface area (Å²) in [7, 11) is 0. The van der Waals surface area contributed by atoms with Crippen LogP contribution in [0.5, 0.6) is 0 Å². The van der Waals surface area contributed by atoms with Crippen LogP contribution in [0.1, 0.15) is 25.3 Å². The molecule has 1 unspecified atom stereocenters. The van der Waals surface area contributed by atoms with Crippen molar-refractivity contribution < 1.29 is 9.50 Å². The van der Waals surface area contributed by atoms with Crippen LogP contribution in [0.15, 0.2) is 18.2 Å². The molecular weight excluding hydrogens is 193 g/mol. The molecule has 0 heterocycles. The lowest BCUT2D eigenvalue weighted by Crippen LogP contribution is -2.16. The van der Waals surface area contributed by atoms with E-state index in [0.717, 1.165) is 18.5 Å². The largest absolute Gasteiger partial charge is 0.396 e. The molecule has 0 radical (unpaired) electrons.